The smallest absolute Gasteiger partial charge is 0.268 e. The number of ether oxygens (including phenoxy) is 2. The Labute approximate surface area is 381 Å². The number of fused-ring (bicyclic) bond motifs is 2. The van der Waals surface area contributed by atoms with Crippen LogP contribution in [-0.2, 0) is 22.9 Å². The van der Waals surface area contributed by atoms with Crippen LogP contribution in [0.4, 0.5) is 5.69 Å². The lowest BCUT2D eigenvalue weighted by Gasteiger charge is -2.39. The maximum atomic E-state index is 13.9. The standard InChI is InChI=1S/C47H49Cl2N7O5S2/c1-29-53-41-20-30(4-11-43(41)62-29)28-60-46-40(49)23-37(26-52-46)63(58,59)54-45(57)38-10-9-35(22-42(38)61-36-21-32-13-15-50-44(32)51-25-36)56-18-16-55(17-19-56)27-33-12-14-47(2,3)24-39(33)31-5-7-34(48)8-6-31/h5-10,13,15,21-23,25-26,30H,4,11-12,14,16-20,24,27-28H2,1-3H3,(H,50,51)(H,54,57). The molecule has 1 fully saturated rings. The number of nitrogens with one attached hydrogen (secondary N) is 2. The van der Waals surface area contributed by atoms with E-state index in [1.807, 2.05) is 37.3 Å². The molecule has 0 radical (unpaired) electrons. The molecule has 2 N–H and O–H groups in total. The summed E-state index contributed by atoms with van der Waals surface area (Å²) < 4.78 is 41.9. The van der Waals surface area contributed by atoms with Gasteiger partial charge in [-0.3, -0.25) is 9.69 Å². The molecule has 3 aliphatic rings. The van der Waals surface area contributed by atoms with Gasteiger partial charge < -0.3 is 19.4 Å². The molecule has 9 rings (SSSR count). The van der Waals surface area contributed by atoms with Crippen molar-refractivity contribution >= 4 is 72.8 Å². The quantitative estimate of drug-likeness (QED) is 0.122. The number of anilines is 1. The van der Waals surface area contributed by atoms with Gasteiger partial charge in [0.2, 0.25) is 5.88 Å². The molecule has 0 bridgehead atoms. The molecule has 0 spiro atoms. The number of hydrogen-bond donors (Lipinski definition) is 2. The molecule has 1 atom stereocenters. The number of rotatable bonds is 12. The Morgan fingerprint density at radius 2 is 1.81 bits per heavy atom. The number of benzene rings is 2. The van der Waals surface area contributed by atoms with Gasteiger partial charge in [-0.05, 0) is 110 Å². The lowest BCUT2D eigenvalue weighted by atomic mass is 9.72. The van der Waals surface area contributed by atoms with Gasteiger partial charge in [0.25, 0.3) is 15.9 Å². The van der Waals surface area contributed by atoms with E-state index in [-0.39, 0.29) is 38.4 Å². The predicted molar refractivity (Wildman–Crippen MR) is 249 cm³/mol. The Morgan fingerprint density at radius 1 is 1.00 bits per heavy atom. The first-order valence-electron chi connectivity index (χ1n) is 21.3. The second kappa shape index (κ2) is 17.9. The zero-order valence-electron chi connectivity index (χ0n) is 35.4. The summed E-state index contributed by atoms with van der Waals surface area (Å²) in [5.74, 6) is 0.0652. The molecule has 12 nitrogen and oxygen atoms in total. The Morgan fingerprint density at radius 3 is 2.60 bits per heavy atom. The van der Waals surface area contributed by atoms with Gasteiger partial charge >= 0.3 is 0 Å². The number of carbonyl (C=O) groups is 1. The number of piperazine rings is 1. The van der Waals surface area contributed by atoms with Crippen LogP contribution in [0.5, 0.6) is 17.4 Å². The first kappa shape index (κ1) is 43.3. The third kappa shape index (κ3) is 9.90. The van der Waals surface area contributed by atoms with E-state index in [4.69, 9.17) is 32.7 Å². The van der Waals surface area contributed by atoms with Gasteiger partial charge in [-0.15, -0.1) is 11.3 Å². The Bertz CT molecular complexity index is 2820. The molecule has 1 unspecified atom stereocenters. The number of amides is 1. The predicted octanol–water partition coefficient (Wildman–Crippen LogP) is 9.91. The number of aryl methyl sites for hydroxylation is 2. The highest BCUT2D eigenvalue weighted by Crippen LogP contribution is 2.43. The van der Waals surface area contributed by atoms with Crippen molar-refractivity contribution in [2.45, 2.75) is 64.2 Å². The Hall–Kier alpha value is -4.99. The summed E-state index contributed by atoms with van der Waals surface area (Å²) in [6.07, 6.45) is 10.4. The van der Waals surface area contributed by atoms with Crippen LogP contribution in [0.3, 0.4) is 0 Å². The van der Waals surface area contributed by atoms with Crippen molar-refractivity contribution in [2.75, 3.05) is 44.2 Å². The van der Waals surface area contributed by atoms with Gasteiger partial charge in [-0.25, -0.2) is 28.1 Å². The third-order valence-electron chi connectivity index (χ3n) is 12.3. The second-order valence-corrected chi connectivity index (χ2v) is 21.3. The average Bonchev–Trinajstić information content (AvgIpc) is 3.89. The number of aromatic amines is 1. The van der Waals surface area contributed by atoms with Gasteiger partial charge in [-0.2, -0.15) is 0 Å². The first-order chi connectivity index (χ1) is 30.2. The molecule has 1 saturated heterocycles. The zero-order chi connectivity index (χ0) is 43.9. The lowest BCUT2D eigenvalue weighted by Crippen LogP contribution is -2.47. The number of pyridine rings is 2. The van der Waals surface area contributed by atoms with E-state index < -0.39 is 15.9 Å². The maximum Gasteiger partial charge on any atom is 0.268 e. The fourth-order valence-electron chi connectivity index (χ4n) is 8.79. The molecule has 2 aliphatic carbocycles. The molecule has 2 aromatic carbocycles. The van der Waals surface area contributed by atoms with Gasteiger partial charge in [-0.1, -0.05) is 54.8 Å². The minimum atomic E-state index is -4.41. The Kier molecular flexibility index (Phi) is 12.3. The number of nitrogens with zero attached hydrogens (tertiary/aromatic N) is 5. The fourth-order valence-corrected chi connectivity index (χ4v) is 11.1. The zero-order valence-corrected chi connectivity index (χ0v) is 38.6. The van der Waals surface area contributed by atoms with Gasteiger partial charge in [0.05, 0.1) is 35.3 Å². The van der Waals surface area contributed by atoms with Gasteiger partial charge in [0.15, 0.2) is 0 Å². The van der Waals surface area contributed by atoms with Crippen LogP contribution in [0.2, 0.25) is 10.0 Å². The summed E-state index contributed by atoms with van der Waals surface area (Å²) in [6, 6.07) is 18.4. The van der Waals surface area contributed by atoms with E-state index in [0.717, 1.165) is 104 Å². The van der Waals surface area contributed by atoms with Crippen molar-refractivity contribution in [1.29, 1.82) is 0 Å². The molecule has 63 heavy (non-hydrogen) atoms. The minimum absolute atomic E-state index is 0.0221. The van der Waals surface area contributed by atoms with E-state index >= 15 is 0 Å². The normalized spacial score (nSPS) is 18.0. The summed E-state index contributed by atoms with van der Waals surface area (Å²) >= 11 is 14.5. The van der Waals surface area contributed by atoms with Crippen molar-refractivity contribution in [3.05, 3.63) is 122 Å². The van der Waals surface area contributed by atoms with E-state index in [0.29, 0.717) is 18.0 Å². The highest BCUT2D eigenvalue weighted by atomic mass is 35.5. The number of allylic oxidation sites excluding steroid dienone is 1. The number of H-pyrrole nitrogens is 1. The lowest BCUT2D eigenvalue weighted by molar-refractivity contribution is 0.0979. The van der Waals surface area contributed by atoms with E-state index in [1.165, 1.54) is 27.7 Å². The number of thiazole rings is 1. The Balaban J connectivity index is 0.897. The molecule has 4 aromatic heterocycles. The topological polar surface area (TPSA) is 143 Å². The molecule has 0 saturated carbocycles. The molecule has 5 heterocycles. The first-order valence-corrected chi connectivity index (χ1v) is 24.3. The van der Waals surface area contributed by atoms with Crippen molar-refractivity contribution in [3.63, 3.8) is 0 Å². The molecule has 328 valence electrons. The third-order valence-corrected chi connectivity index (χ3v) is 15.2. The number of carbonyl (C=O) groups excluding carboxylic acids is 1. The molecular weight excluding hydrogens is 878 g/mol. The maximum absolute atomic E-state index is 13.9. The molecule has 16 heteroatoms. The highest BCUT2D eigenvalue weighted by Gasteiger charge is 2.31. The average molecular weight is 927 g/mol. The second-order valence-electron chi connectivity index (χ2n) is 17.5. The SMILES string of the molecule is Cc1nc2c(s1)CCC(COc1ncc(S(=O)(=O)NC(=O)c3ccc(N4CCN(CC5=C(c6ccc(Cl)cc6)CC(C)(C)CC5)CC4)cc3Oc3cnc4[nH]ccc4c3)cc1Cl)C2. The van der Waals surface area contributed by atoms with Crippen LogP contribution in [0.15, 0.2) is 89.7 Å². The summed E-state index contributed by atoms with van der Waals surface area (Å²) in [4.78, 5) is 36.2. The van der Waals surface area contributed by atoms with Crippen LogP contribution in [0, 0.1) is 18.3 Å². The number of halogens is 2. The summed E-state index contributed by atoms with van der Waals surface area (Å²) in [5, 5.41) is 2.64. The van der Waals surface area contributed by atoms with Crippen molar-refractivity contribution in [2.24, 2.45) is 11.3 Å². The van der Waals surface area contributed by atoms with Crippen molar-refractivity contribution in [1.82, 2.24) is 29.6 Å². The fraction of sp³-hybridized carbons (Fsp3) is 0.362. The van der Waals surface area contributed by atoms with Crippen LogP contribution in [0.25, 0.3) is 16.6 Å². The van der Waals surface area contributed by atoms with Gasteiger partial charge in [0.1, 0.15) is 27.1 Å². The van der Waals surface area contributed by atoms with Crippen molar-refractivity contribution in [3.8, 4) is 17.4 Å². The summed E-state index contributed by atoms with van der Waals surface area (Å²) in [5.41, 5.74) is 7.08. The van der Waals surface area contributed by atoms with Crippen LogP contribution in [0.1, 0.15) is 71.0 Å². The number of hydrogen-bond acceptors (Lipinski definition) is 11. The van der Waals surface area contributed by atoms with E-state index in [9.17, 15) is 13.2 Å². The van der Waals surface area contributed by atoms with Crippen LogP contribution < -0.4 is 19.1 Å². The molecule has 1 amide bonds. The molecule has 6 aromatic rings. The van der Waals surface area contributed by atoms with E-state index in [2.05, 4.69) is 60.4 Å². The highest BCUT2D eigenvalue weighted by molar-refractivity contribution is 7.90. The monoisotopic (exact) mass is 925 g/mol. The minimum Gasteiger partial charge on any atom is -0.476 e. The van der Waals surface area contributed by atoms with Crippen LogP contribution in [-0.4, -0.2) is 78.5 Å². The van der Waals surface area contributed by atoms with Crippen LogP contribution >= 0.6 is 34.5 Å². The van der Waals surface area contributed by atoms with Crippen molar-refractivity contribution < 1.29 is 22.7 Å². The molecular formula is C47H49Cl2N7O5S2. The van der Waals surface area contributed by atoms with Gasteiger partial charge in [0, 0.05) is 66.0 Å². The van der Waals surface area contributed by atoms with E-state index in [1.54, 1.807) is 35.9 Å². The summed E-state index contributed by atoms with van der Waals surface area (Å²) in [6.45, 7) is 11.2. The number of aromatic nitrogens is 4. The largest absolute Gasteiger partial charge is 0.476 e. The molecule has 1 aliphatic heterocycles. The number of sulfonamides is 1. The summed E-state index contributed by atoms with van der Waals surface area (Å²) in [7, 11) is -4.41.